The monoisotopic (exact) mass is 1150 g/mol. The van der Waals surface area contributed by atoms with Crippen LogP contribution in [0.2, 0.25) is 0 Å². The second-order valence-electron chi connectivity index (χ2n) is 24.2. The van der Waals surface area contributed by atoms with Gasteiger partial charge in [-0.25, -0.2) is 0 Å². The van der Waals surface area contributed by atoms with Gasteiger partial charge in [-0.1, -0.05) is 314 Å². The number of unbranched alkanes of at least 4 members (excludes halogenated alkanes) is 42. The SMILES string of the molecule is CC/C=C/C/C=C/CCCCCCCCC(O)C(=O)NC(COC1OC(CO)C(O)C(O)C1OC(=O)CCCCCCCCCCCCCCCCCCCCCCCCCCCCC)C(O)/C=C/CCCCCCCCCCCC. The van der Waals surface area contributed by atoms with Crippen LogP contribution < -0.4 is 5.32 Å². The summed E-state index contributed by atoms with van der Waals surface area (Å²) in [6.07, 6.45) is 60.7. The molecule has 1 saturated heterocycles. The van der Waals surface area contributed by atoms with Crippen molar-refractivity contribution in [2.45, 2.75) is 384 Å². The number of hydrogen-bond acceptors (Lipinski definition) is 10. The number of hydrogen-bond donors (Lipinski definition) is 6. The highest BCUT2D eigenvalue weighted by molar-refractivity contribution is 5.80. The van der Waals surface area contributed by atoms with Crippen molar-refractivity contribution in [1.29, 1.82) is 0 Å². The van der Waals surface area contributed by atoms with E-state index >= 15 is 0 Å². The summed E-state index contributed by atoms with van der Waals surface area (Å²) >= 11 is 0. The molecule has 0 spiro atoms. The highest BCUT2D eigenvalue weighted by atomic mass is 16.7. The van der Waals surface area contributed by atoms with Crippen LogP contribution in [0.1, 0.15) is 335 Å². The van der Waals surface area contributed by atoms with Crippen LogP contribution in [-0.2, 0) is 23.8 Å². The van der Waals surface area contributed by atoms with Crippen LogP contribution in [0.15, 0.2) is 36.5 Å². The fourth-order valence-electron chi connectivity index (χ4n) is 11.1. The first-order valence-electron chi connectivity index (χ1n) is 34.8. The molecule has 0 aliphatic carbocycles. The lowest BCUT2D eigenvalue weighted by Gasteiger charge is -2.41. The van der Waals surface area contributed by atoms with Crippen molar-refractivity contribution >= 4 is 11.9 Å². The number of aliphatic hydroxyl groups is 5. The van der Waals surface area contributed by atoms with Gasteiger partial charge in [0.15, 0.2) is 12.4 Å². The zero-order valence-electron chi connectivity index (χ0n) is 52.9. The van der Waals surface area contributed by atoms with E-state index < -0.39 is 67.4 Å². The summed E-state index contributed by atoms with van der Waals surface area (Å²) in [5.41, 5.74) is 0. The van der Waals surface area contributed by atoms with E-state index in [1.165, 1.54) is 199 Å². The smallest absolute Gasteiger partial charge is 0.306 e. The van der Waals surface area contributed by atoms with Gasteiger partial charge in [0.05, 0.1) is 25.4 Å². The minimum atomic E-state index is -1.61. The Labute approximate surface area is 498 Å². The van der Waals surface area contributed by atoms with Gasteiger partial charge in [0.25, 0.3) is 0 Å². The van der Waals surface area contributed by atoms with Crippen molar-refractivity contribution in [3.63, 3.8) is 0 Å². The summed E-state index contributed by atoms with van der Waals surface area (Å²) in [6.45, 7) is 5.72. The average Bonchev–Trinajstić information content (AvgIpc) is 3.50. The van der Waals surface area contributed by atoms with Gasteiger partial charge in [-0.15, -0.1) is 0 Å². The third-order valence-electron chi connectivity index (χ3n) is 16.6. The lowest BCUT2D eigenvalue weighted by atomic mass is 9.99. The number of esters is 1. The van der Waals surface area contributed by atoms with Crippen LogP contribution in [0.5, 0.6) is 0 Å². The van der Waals surface area contributed by atoms with Crippen LogP contribution in [-0.4, -0.2) is 99.6 Å². The Morgan fingerprint density at radius 1 is 0.494 bits per heavy atom. The molecule has 0 aromatic carbocycles. The number of carbonyl (C=O) groups excluding carboxylic acids is 2. The van der Waals surface area contributed by atoms with E-state index in [4.69, 9.17) is 14.2 Å². The minimum absolute atomic E-state index is 0.128. The Balaban J connectivity index is 2.51. The summed E-state index contributed by atoms with van der Waals surface area (Å²) in [4.78, 5) is 26.6. The molecule has 81 heavy (non-hydrogen) atoms. The standard InChI is InChI=1S/C70H131NO10/c1-4-7-10-13-16-19-22-25-26-27-28-29-30-31-32-33-34-35-36-37-38-40-43-46-49-52-55-58-65(75)81-68-67(77)66(76)64(59-72)80-70(68)79-60-61(62(73)56-53-50-47-44-41-24-21-18-15-12-9-6-3)71-69(78)63(74)57-54-51-48-45-42-39-23-20-17-14-11-8-5-2/h8,11,17,20,53,56,61-64,66-68,70,72-74,76-77H,4-7,9-10,12-16,18-19,21-52,54-55,57-60H2,1-3H3,(H,71,78)/b11-8+,20-17+,56-53+. The minimum Gasteiger partial charge on any atom is -0.454 e. The van der Waals surface area contributed by atoms with Crippen molar-refractivity contribution in [1.82, 2.24) is 5.32 Å². The number of carbonyl (C=O) groups is 2. The van der Waals surface area contributed by atoms with Gasteiger partial charge >= 0.3 is 5.97 Å². The number of nitrogens with one attached hydrogen (secondary N) is 1. The molecule has 0 aromatic rings. The number of ether oxygens (including phenoxy) is 3. The first kappa shape index (κ1) is 76.9. The van der Waals surface area contributed by atoms with E-state index in [9.17, 15) is 35.1 Å². The van der Waals surface area contributed by atoms with Crippen LogP contribution in [0, 0.1) is 0 Å². The maximum absolute atomic E-state index is 13.4. The van der Waals surface area contributed by atoms with Crippen LogP contribution in [0.3, 0.4) is 0 Å². The van der Waals surface area contributed by atoms with Crippen molar-refractivity contribution in [3.05, 3.63) is 36.5 Å². The summed E-state index contributed by atoms with van der Waals surface area (Å²) < 4.78 is 17.7. The van der Waals surface area contributed by atoms with Gasteiger partial charge in [0, 0.05) is 6.42 Å². The molecule has 8 unspecified atom stereocenters. The van der Waals surface area contributed by atoms with E-state index in [1.807, 2.05) is 6.08 Å². The fraction of sp³-hybridized carbons (Fsp3) is 0.886. The first-order chi connectivity index (χ1) is 39.7. The van der Waals surface area contributed by atoms with Gasteiger partial charge in [0.2, 0.25) is 5.91 Å². The third kappa shape index (κ3) is 45.9. The molecule has 6 N–H and O–H groups in total. The second kappa shape index (κ2) is 58.3. The molecular formula is C70H131NO10. The Morgan fingerprint density at radius 2 is 0.889 bits per heavy atom. The van der Waals surface area contributed by atoms with Crippen molar-refractivity contribution in [2.75, 3.05) is 13.2 Å². The highest BCUT2D eigenvalue weighted by Gasteiger charge is 2.47. The fourth-order valence-corrected chi connectivity index (χ4v) is 11.1. The summed E-state index contributed by atoms with van der Waals surface area (Å²) in [6, 6.07) is -1.03. The van der Waals surface area contributed by atoms with E-state index in [0.717, 1.165) is 89.9 Å². The number of rotatable bonds is 60. The third-order valence-corrected chi connectivity index (χ3v) is 16.6. The predicted octanol–water partition coefficient (Wildman–Crippen LogP) is 17.4. The number of aliphatic hydroxyl groups excluding tert-OH is 5. The Hall–Kier alpha value is -2.12. The normalized spacial score (nSPS) is 18.8. The number of allylic oxidation sites excluding steroid dienone is 5. The maximum atomic E-state index is 13.4. The summed E-state index contributed by atoms with van der Waals surface area (Å²) in [5.74, 6) is -1.19. The van der Waals surface area contributed by atoms with Gasteiger partial charge in [-0.3, -0.25) is 9.59 Å². The highest BCUT2D eigenvalue weighted by Crippen LogP contribution is 2.26. The number of amides is 1. The average molecular weight is 1150 g/mol. The molecule has 0 saturated carbocycles. The molecule has 1 rings (SSSR count). The molecule has 11 nitrogen and oxygen atoms in total. The zero-order valence-corrected chi connectivity index (χ0v) is 52.9. The van der Waals surface area contributed by atoms with Crippen LogP contribution >= 0.6 is 0 Å². The Morgan fingerprint density at radius 3 is 1.32 bits per heavy atom. The topological polar surface area (TPSA) is 175 Å². The molecule has 0 bridgehead atoms. The van der Waals surface area contributed by atoms with Crippen LogP contribution in [0.4, 0.5) is 0 Å². The van der Waals surface area contributed by atoms with Gasteiger partial charge < -0.3 is 45.1 Å². The van der Waals surface area contributed by atoms with E-state index in [-0.39, 0.29) is 19.4 Å². The molecule has 1 aliphatic rings. The van der Waals surface area contributed by atoms with Crippen molar-refractivity contribution in [3.8, 4) is 0 Å². The van der Waals surface area contributed by atoms with E-state index in [0.29, 0.717) is 12.8 Å². The molecule has 1 amide bonds. The quantitative estimate of drug-likeness (QED) is 0.0195. The summed E-state index contributed by atoms with van der Waals surface area (Å²) in [7, 11) is 0. The molecule has 1 heterocycles. The van der Waals surface area contributed by atoms with Gasteiger partial charge in [-0.05, 0) is 51.4 Å². The molecule has 1 aliphatic heterocycles. The molecule has 0 radical (unpaired) electrons. The Bertz CT molecular complexity index is 1460. The summed E-state index contributed by atoms with van der Waals surface area (Å²) in [5, 5.41) is 57.1. The lowest BCUT2D eigenvalue weighted by Crippen LogP contribution is -2.61. The first-order valence-corrected chi connectivity index (χ1v) is 34.8. The molecular weight excluding hydrogens is 1010 g/mol. The molecule has 0 aromatic heterocycles. The van der Waals surface area contributed by atoms with Crippen molar-refractivity contribution < 1.29 is 49.3 Å². The molecule has 8 atom stereocenters. The largest absolute Gasteiger partial charge is 0.454 e. The van der Waals surface area contributed by atoms with E-state index in [2.05, 4.69) is 50.4 Å². The lowest BCUT2D eigenvalue weighted by molar-refractivity contribution is -0.305. The van der Waals surface area contributed by atoms with Gasteiger partial charge in [-0.2, -0.15) is 0 Å². The molecule has 476 valence electrons. The molecule has 1 fully saturated rings. The Kier molecular flexibility index (Phi) is 55.3. The van der Waals surface area contributed by atoms with Crippen molar-refractivity contribution in [2.24, 2.45) is 0 Å². The van der Waals surface area contributed by atoms with Gasteiger partial charge in [0.1, 0.15) is 24.4 Å². The second-order valence-corrected chi connectivity index (χ2v) is 24.2. The van der Waals surface area contributed by atoms with E-state index in [1.54, 1.807) is 6.08 Å². The zero-order chi connectivity index (χ0) is 58.9. The maximum Gasteiger partial charge on any atom is 0.306 e. The van der Waals surface area contributed by atoms with Crippen LogP contribution in [0.25, 0.3) is 0 Å². The predicted molar refractivity (Wildman–Crippen MR) is 338 cm³/mol. The molecule has 11 heteroatoms.